The number of anilines is 1. The van der Waals surface area contributed by atoms with E-state index in [9.17, 15) is 13.5 Å². The highest BCUT2D eigenvalue weighted by Crippen LogP contribution is 2.41. The lowest BCUT2D eigenvalue weighted by Crippen LogP contribution is -2.24. The van der Waals surface area contributed by atoms with Crippen LogP contribution in [0.15, 0.2) is 41.3 Å². The Morgan fingerprint density at radius 3 is 1.93 bits per heavy atom. The van der Waals surface area contributed by atoms with Crippen LogP contribution >= 0.6 is 11.6 Å². The number of hydrogen-bond donors (Lipinski definition) is 1. The Hall–Kier alpha value is -1.98. The van der Waals surface area contributed by atoms with Crippen molar-refractivity contribution in [3.63, 3.8) is 0 Å². The van der Waals surface area contributed by atoms with Crippen molar-refractivity contribution in [3.05, 3.63) is 63.0 Å². The molecule has 162 valence electrons. The van der Waals surface area contributed by atoms with Crippen LogP contribution in [0.25, 0.3) is 6.08 Å². The Kier molecular flexibility index (Phi) is 5.76. The summed E-state index contributed by atoms with van der Waals surface area (Å²) in [6, 6.07) is 10.6. The molecule has 2 aromatic rings. The maximum absolute atomic E-state index is 13.2. The van der Waals surface area contributed by atoms with Crippen molar-refractivity contribution in [3.8, 4) is 5.75 Å². The van der Waals surface area contributed by atoms with Crippen LogP contribution in [-0.4, -0.2) is 20.1 Å². The number of benzene rings is 2. The predicted octanol–water partition coefficient (Wildman–Crippen LogP) is 6.22. The van der Waals surface area contributed by atoms with Gasteiger partial charge in [-0.25, -0.2) is 8.42 Å². The standard InChI is InChI=1S/C24H30ClNO3S/c1-23(2,3)20-14-16(15-21(22(20)27)24(4,5)6)13-19-11-12-26(30(19,28)29)18-9-7-17(25)8-10-18/h7-10,13-15,27H,11-12H2,1-6H3/b19-13+. The molecule has 4 nitrogen and oxygen atoms in total. The largest absolute Gasteiger partial charge is 0.507 e. The Morgan fingerprint density at radius 1 is 0.967 bits per heavy atom. The number of phenols is 1. The van der Waals surface area contributed by atoms with E-state index in [1.165, 1.54) is 4.31 Å². The highest BCUT2D eigenvalue weighted by molar-refractivity contribution is 7.97. The number of rotatable bonds is 2. The molecule has 0 aliphatic carbocycles. The number of halogens is 1. The van der Waals surface area contributed by atoms with Crippen molar-refractivity contribution in [2.24, 2.45) is 0 Å². The summed E-state index contributed by atoms with van der Waals surface area (Å²) in [5, 5.41) is 11.5. The lowest BCUT2D eigenvalue weighted by atomic mass is 9.78. The van der Waals surface area contributed by atoms with E-state index in [4.69, 9.17) is 11.6 Å². The summed E-state index contributed by atoms with van der Waals surface area (Å²) >= 11 is 5.94. The van der Waals surface area contributed by atoms with Gasteiger partial charge in [0.25, 0.3) is 10.0 Å². The quantitative estimate of drug-likeness (QED) is 0.594. The molecule has 0 atom stereocenters. The smallest absolute Gasteiger partial charge is 0.260 e. The van der Waals surface area contributed by atoms with Crippen LogP contribution in [0.1, 0.15) is 64.7 Å². The molecule has 0 bridgehead atoms. The molecule has 0 aromatic heterocycles. The normalized spacial score (nSPS) is 18.2. The summed E-state index contributed by atoms with van der Waals surface area (Å²) in [5.41, 5.74) is 2.47. The Labute approximate surface area is 185 Å². The summed E-state index contributed by atoms with van der Waals surface area (Å²) in [6.45, 7) is 12.6. The monoisotopic (exact) mass is 447 g/mol. The first-order valence-electron chi connectivity index (χ1n) is 10.1. The first-order valence-corrected chi connectivity index (χ1v) is 11.9. The van der Waals surface area contributed by atoms with Gasteiger partial charge in [-0.05, 0) is 58.9 Å². The van der Waals surface area contributed by atoms with E-state index in [0.717, 1.165) is 16.7 Å². The van der Waals surface area contributed by atoms with Gasteiger partial charge in [0.2, 0.25) is 0 Å². The summed E-state index contributed by atoms with van der Waals surface area (Å²) in [6.07, 6.45) is 2.18. The fourth-order valence-electron chi connectivity index (χ4n) is 3.69. The minimum absolute atomic E-state index is 0.275. The average molecular weight is 448 g/mol. The molecule has 0 radical (unpaired) electrons. The molecule has 1 aliphatic rings. The minimum Gasteiger partial charge on any atom is -0.507 e. The molecule has 0 amide bonds. The molecule has 6 heteroatoms. The van der Waals surface area contributed by atoms with Gasteiger partial charge in [0.1, 0.15) is 5.75 Å². The molecule has 1 heterocycles. The molecule has 30 heavy (non-hydrogen) atoms. The van der Waals surface area contributed by atoms with Crippen LogP contribution in [0.4, 0.5) is 5.69 Å². The second kappa shape index (κ2) is 7.61. The van der Waals surface area contributed by atoms with Crippen LogP contribution in [0.3, 0.4) is 0 Å². The lowest BCUT2D eigenvalue weighted by molar-refractivity contribution is 0.423. The lowest BCUT2D eigenvalue weighted by Gasteiger charge is -2.28. The van der Waals surface area contributed by atoms with Crippen molar-refractivity contribution in [2.75, 3.05) is 10.8 Å². The molecule has 1 N–H and O–H groups in total. The fourth-order valence-corrected chi connectivity index (χ4v) is 5.47. The highest BCUT2D eigenvalue weighted by atomic mass is 35.5. The molecule has 1 aliphatic heterocycles. The van der Waals surface area contributed by atoms with Gasteiger partial charge < -0.3 is 5.11 Å². The molecule has 2 aromatic carbocycles. The number of nitrogens with zero attached hydrogens (tertiary/aromatic N) is 1. The molecule has 3 rings (SSSR count). The van der Waals surface area contributed by atoms with Gasteiger partial charge in [0, 0.05) is 29.1 Å². The first-order chi connectivity index (χ1) is 13.7. The number of sulfonamides is 1. The van der Waals surface area contributed by atoms with Crippen molar-refractivity contribution in [1.82, 2.24) is 0 Å². The molecule has 0 spiro atoms. The maximum atomic E-state index is 13.2. The number of hydrogen-bond acceptors (Lipinski definition) is 3. The first kappa shape index (κ1) is 22.7. The van der Waals surface area contributed by atoms with Gasteiger partial charge in [0.15, 0.2) is 0 Å². The van der Waals surface area contributed by atoms with Gasteiger partial charge in [-0.1, -0.05) is 53.1 Å². The van der Waals surface area contributed by atoms with E-state index in [-0.39, 0.29) is 16.6 Å². The van der Waals surface area contributed by atoms with E-state index in [2.05, 4.69) is 0 Å². The SMILES string of the molecule is CC(C)(C)c1cc(/C=C2\CCN(c3ccc(Cl)cc3)S2(=O)=O)cc(C(C)(C)C)c1O. The molecule has 1 saturated heterocycles. The number of aromatic hydroxyl groups is 1. The zero-order valence-corrected chi connectivity index (χ0v) is 20.0. The van der Waals surface area contributed by atoms with Gasteiger partial charge >= 0.3 is 0 Å². The number of phenolic OH excluding ortho intramolecular Hbond substituents is 1. The van der Waals surface area contributed by atoms with Gasteiger partial charge in [-0.2, -0.15) is 0 Å². The third-order valence-electron chi connectivity index (χ3n) is 5.37. The Morgan fingerprint density at radius 2 is 1.47 bits per heavy atom. The van der Waals surface area contributed by atoms with Crippen molar-refractivity contribution >= 4 is 33.4 Å². The average Bonchev–Trinajstić information content (AvgIpc) is 2.89. The van der Waals surface area contributed by atoms with Crippen LogP contribution < -0.4 is 4.31 Å². The zero-order valence-electron chi connectivity index (χ0n) is 18.5. The van der Waals surface area contributed by atoms with Crippen LogP contribution in [-0.2, 0) is 20.9 Å². The Bertz CT molecular complexity index is 1050. The van der Waals surface area contributed by atoms with Gasteiger partial charge in [-0.3, -0.25) is 4.31 Å². The van der Waals surface area contributed by atoms with Crippen LogP contribution in [0.5, 0.6) is 5.75 Å². The third kappa shape index (κ3) is 4.37. The topological polar surface area (TPSA) is 57.6 Å². The zero-order chi connectivity index (χ0) is 22.5. The second-order valence-electron chi connectivity index (χ2n) is 9.88. The van der Waals surface area contributed by atoms with Gasteiger partial charge in [0.05, 0.1) is 10.6 Å². The van der Waals surface area contributed by atoms with Gasteiger partial charge in [-0.15, -0.1) is 0 Å². The molecule has 1 fully saturated rings. The summed E-state index contributed by atoms with van der Waals surface area (Å²) < 4.78 is 27.8. The van der Waals surface area contributed by atoms with E-state index in [1.54, 1.807) is 30.3 Å². The molecule has 0 saturated carbocycles. The van der Waals surface area contributed by atoms with E-state index in [0.29, 0.717) is 28.6 Å². The minimum atomic E-state index is -3.61. The summed E-state index contributed by atoms with van der Waals surface area (Å²) in [7, 11) is -3.61. The summed E-state index contributed by atoms with van der Waals surface area (Å²) in [4.78, 5) is 0.378. The summed E-state index contributed by atoms with van der Waals surface area (Å²) in [5.74, 6) is 0.286. The molecular formula is C24H30ClNO3S. The van der Waals surface area contributed by atoms with Crippen molar-refractivity contribution < 1.29 is 13.5 Å². The molecular weight excluding hydrogens is 418 g/mol. The predicted molar refractivity (Wildman–Crippen MR) is 126 cm³/mol. The third-order valence-corrected chi connectivity index (χ3v) is 7.58. The Balaban J connectivity index is 2.09. The molecule has 0 unspecified atom stereocenters. The fraction of sp³-hybridized carbons (Fsp3) is 0.417. The van der Waals surface area contributed by atoms with Crippen molar-refractivity contribution in [1.29, 1.82) is 0 Å². The van der Waals surface area contributed by atoms with Crippen LogP contribution in [0.2, 0.25) is 5.02 Å². The van der Waals surface area contributed by atoms with E-state index >= 15 is 0 Å². The highest BCUT2D eigenvalue weighted by Gasteiger charge is 2.34. The van der Waals surface area contributed by atoms with Crippen molar-refractivity contribution in [2.45, 2.75) is 58.8 Å². The van der Waals surface area contributed by atoms with Crippen LogP contribution in [0, 0.1) is 0 Å². The van der Waals surface area contributed by atoms with E-state index in [1.807, 2.05) is 53.7 Å². The van der Waals surface area contributed by atoms with E-state index < -0.39 is 10.0 Å². The second-order valence-corrected chi connectivity index (χ2v) is 12.2. The maximum Gasteiger partial charge on any atom is 0.260 e.